The van der Waals surface area contributed by atoms with Gasteiger partial charge in [-0.15, -0.1) is 0 Å². The van der Waals surface area contributed by atoms with Crippen molar-refractivity contribution >= 4 is 23.1 Å². The molecule has 0 aromatic heterocycles. The third kappa shape index (κ3) is 3.71. The summed E-state index contributed by atoms with van der Waals surface area (Å²) in [6.07, 6.45) is 0. The number of aryl methyl sites for hydroxylation is 4. The van der Waals surface area contributed by atoms with E-state index >= 15 is 0 Å². The van der Waals surface area contributed by atoms with Gasteiger partial charge < -0.3 is 10.1 Å². The fraction of sp³-hybridized carbons (Fsp3) is 0.304. The molecule has 146 valence electrons. The molecule has 1 aliphatic heterocycles. The summed E-state index contributed by atoms with van der Waals surface area (Å²) in [7, 11) is 1.55. The van der Waals surface area contributed by atoms with Gasteiger partial charge in [0.05, 0.1) is 18.7 Å². The van der Waals surface area contributed by atoms with Crippen molar-refractivity contribution in [3.63, 3.8) is 0 Å². The Morgan fingerprint density at radius 1 is 0.893 bits per heavy atom. The lowest BCUT2D eigenvalue weighted by Crippen LogP contribution is -2.35. The summed E-state index contributed by atoms with van der Waals surface area (Å²) in [5.74, 6) is -0.616. The maximum atomic E-state index is 13.1. The quantitative estimate of drug-likeness (QED) is 0.778. The number of imide groups is 1. The average Bonchev–Trinajstić information content (AvgIpc) is 2.89. The van der Waals surface area contributed by atoms with E-state index < -0.39 is 0 Å². The van der Waals surface area contributed by atoms with Crippen molar-refractivity contribution in [2.75, 3.05) is 25.6 Å². The van der Waals surface area contributed by atoms with E-state index in [-0.39, 0.29) is 18.4 Å². The minimum absolute atomic E-state index is 0.223. The van der Waals surface area contributed by atoms with Crippen LogP contribution in [0, 0.1) is 27.7 Å². The van der Waals surface area contributed by atoms with Gasteiger partial charge in [0.15, 0.2) is 0 Å². The Kier molecular flexibility index (Phi) is 5.66. The van der Waals surface area contributed by atoms with E-state index in [1.54, 1.807) is 7.11 Å². The first-order chi connectivity index (χ1) is 13.3. The van der Waals surface area contributed by atoms with Crippen LogP contribution in [0.25, 0.3) is 5.57 Å². The molecule has 5 heteroatoms. The Labute approximate surface area is 166 Å². The second-order valence-corrected chi connectivity index (χ2v) is 7.25. The number of benzene rings is 2. The van der Waals surface area contributed by atoms with Crippen LogP contribution < -0.4 is 5.32 Å². The summed E-state index contributed by atoms with van der Waals surface area (Å²) in [4.78, 5) is 27.5. The highest BCUT2D eigenvalue weighted by molar-refractivity contribution is 6.36. The van der Waals surface area contributed by atoms with Crippen LogP contribution in [-0.2, 0) is 14.3 Å². The number of carbonyl (C=O) groups excluding carboxylic acids is 2. The summed E-state index contributed by atoms with van der Waals surface area (Å²) in [5.41, 5.74) is 6.60. The summed E-state index contributed by atoms with van der Waals surface area (Å²) in [6, 6.07) is 11.8. The maximum absolute atomic E-state index is 13.1. The molecule has 0 aliphatic carbocycles. The number of nitrogens with one attached hydrogen (secondary N) is 1. The van der Waals surface area contributed by atoms with E-state index in [1.165, 1.54) is 4.90 Å². The molecule has 0 saturated carbocycles. The third-order valence-electron chi connectivity index (χ3n) is 5.14. The molecule has 0 saturated heterocycles. The van der Waals surface area contributed by atoms with Crippen LogP contribution >= 0.6 is 0 Å². The first kappa shape index (κ1) is 19.8. The first-order valence-corrected chi connectivity index (χ1v) is 9.34. The van der Waals surface area contributed by atoms with Crippen molar-refractivity contribution in [2.24, 2.45) is 0 Å². The molecule has 0 spiro atoms. The van der Waals surface area contributed by atoms with Crippen molar-refractivity contribution in [1.29, 1.82) is 0 Å². The summed E-state index contributed by atoms with van der Waals surface area (Å²) in [6.45, 7) is 8.52. The number of amides is 2. The number of methoxy groups -OCH3 is 1. The highest BCUT2D eigenvalue weighted by Crippen LogP contribution is 2.32. The Morgan fingerprint density at radius 2 is 1.61 bits per heavy atom. The predicted octanol–water partition coefficient (Wildman–Crippen LogP) is 3.76. The lowest BCUT2D eigenvalue weighted by molar-refractivity contribution is -0.137. The van der Waals surface area contributed by atoms with Gasteiger partial charge in [0.1, 0.15) is 5.70 Å². The van der Waals surface area contributed by atoms with Crippen LogP contribution in [0.4, 0.5) is 5.69 Å². The molecule has 2 aromatic carbocycles. The second kappa shape index (κ2) is 7.98. The van der Waals surface area contributed by atoms with Gasteiger partial charge >= 0.3 is 0 Å². The first-order valence-electron chi connectivity index (χ1n) is 9.34. The highest BCUT2D eigenvalue weighted by Gasteiger charge is 2.39. The lowest BCUT2D eigenvalue weighted by atomic mass is 9.99. The van der Waals surface area contributed by atoms with E-state index in [9.17, 15) is 9.59 Å². The Balaban J connectivity index is 2.10. The molecular weight excluding hydrogens is 352 g/mol. The molecule has 1 aliphatic rings. The summed E-state index contributed by atoms with van der Waals surface area (Å²) in [5, 5.41) is 3.25. The topological polar surface area (TPSA) is 58.6 Å². The van der Waals surface area contributed by atoms with E-state index in [2.05, 4.69) is 5.32 Å². The van der Waals surface area contributed by atoms with Gasteiger partial charge in [-0.3, -0.25) is 14.5 Å². The van der Waals surface area contributed by atoms with Gasteiger partial charge in [0, 0.05) is 12.8 Å². The number of ether oxygens (including phenoxy) is 1. The van der Waals surface area contributed by atoms with Crippen molar-refractivity contribution in [2.45, 2.75) is 27.7 Å². The van der Waals surface area contributed by atoms with Crippen molar-refractivity contribution in [1.82, 2.24) is 4.90 Å². The third-order valence-corrected chi connectivity index (χ3v) is 5.14. The zero-order valence-electron chi connectivity index (χ0n) is 17.1. The molecule has 28 heavy (non-hydrogen) atoms. The molecule has 3 rings (SSSR count). The van der Waals surface area contributed by atoms with Crippen LogP contribution in [0.3, 0.4) is 0 Å². The molecule has 1 N–H and O–H groups in total. The molecule has 2 aromatic rings. The SMILES string of the molecule is COCCN1C(=O)C(Nc2cc(C)ccc2C)=C(c2ccc(C)c(C)c2)C1=O. The van der Waals surface area contributed by atoms with Gasteiger partial charge in [-0.05, 0) is 61.6 Å². The van der Waals surface area contributed by atoms with Crippen LogP contribution in [0.5, 0.6) is 0 Å². The Morgan fingerprint density at radius 3 is 2.29 bits per heavy atom. The molecule has 0 unspecified atom stereocenters. The lowest BCUT2D eigenvalue weighted by Gasteiger charge is -2.15. The fourth-order valence-corrected chi connectivity index (χ4v) is 3.25. The van der Waals surface area contributed by atoms with Gasteiger partial charge in [-0.2, -0.15) is 0 Å². The van der Waals surface area contributed by atoms with Crippen LogP contribution in [0.15, 0.2) is 42.1 Å². The largest absolute Gasteiger partial charge is 0.383 e. The predicted molar refractivity (Wildman–Crippen MR) is 111 cm³/mol. The van der Waals surface area contributed by atoms with E-state index in [0.29, 0.717) is 17.9 Å². The number of anilines is 1. The van der Waals surface area contributed by atoms with Crippen LogP contribution in [0.1, 0.15) is 27.8 Å². The fourth-order valence-electron chi connectivity index (χ4n) is 3.25. The standard InChI is InChI=1S/C23H26N2O3/c1-14-6-7-16(3)19(12-14)24-21-20(18-9-8-15(2)17(4)13-18)22(26)25(23(21)27)10-11-28-5/h6-9,12-13,24H,10-11H2,1-5H3. The normalized spacial score (nSPS) is 14.2. The highest BCUT2D eigenvalue weighted by atomic mass is 16.5. The Bertz CT molecular complexity index is 976. The molecule has 5 nitrogen and oxygen atoms in total. The number of hydrogen-bond donors (Lipinski definition) is 1. The number of rotatable bonds is 6. The zero-order chi connectivity index (χ0) is 20.4. The second-order valence-electron chi connectivity index (χ2n) is 7.25. The van der Waals surface area contributed by atoms with Crippen molar-refractivity contribution in [3.05, 3.63) is 69.9 Å². The molecular formula is C23H26N2O3. The zero-order valence-corrected chi connectivity index (χ0v) is 17.1. The van der Waals surface area contributed by atoms with Gasteiger partial charge in [-0.25, -0.2) is 0 Å². The molecule has 1 heterocycles. The molecule has 0 radical (unpaired) electrons. The number of nitrogens with zero attached hydrogens (tertiary/aromatic N) is 1. The van der Waals surface area contributed by atoms with Crippen LogP contribution in [0.2, 0.25) is 0 Å². The van der Waals surface area contributed by atoms with E-state index in [0.717, 1.165) is 33.5 Å². The minimum Gasteiger partial charge on any atom is -0.383 e. The smallest absolute Gasteiger partial charge is 0.278 e. The van der Waals surface area contributed by atoms with Gasteiger partial charge in [0.25, 0.3) is 11.8 Å². The Hall–Kier alpha value is -2.92. The average molecular weight is 378 g/mol. The minimum atomic E-state index is -0.323. The van der Waals surface area contributed by atoms with E-state index in [4.69, 9.17) is 4.74 Å². The monoisotopic (exact) mass is 378 g/mol. The molecule has 0 fully saturated rings. The van der Waals surface area contributed by atoms with Crippen molar-refractivity contribution < 1.29 is 14.3 Å². The van der Waals surface area contributed by atoms with E-state index in [1.807, 2.05) is 64.1 Å². The number of hydrogen-bond acceptors (Lipinski definition) is 4. The molecule has 2 amide bonds. The summed E-state index contributed by atoms with van der Waals surface area (Å²) >= 11 is 0. The maximum Gasteiger partial charge on any atom is 0.278 e. The van der Waals surface area contributed by atoms with Crippen LogP contribution in [-0.4, -0.2) is 37.0 Å². The molecule has 0 bridgehead atoms. The number of carbonyl (C=O) groups is 2. The van der Waals surface area contributed by atoms with Gasteiger partial charge in [-0.1, -0.05) is 30.3 Å². The summed E-state index contributed by atoms with van der Waals surface area (Å²) < 4.78 is 5.08. The van der Waals surface area contributed by atoms with Gasteiger partial charge in [0.2, 0.25) is 0 Å². The molecule has 0 atom stereocenters. The van der Waals surface area contributed by atoms with Crippen molar-refractivity contribution in [3.8, 4) is 0 Å².